The Morgan fingerprint density at radius 2 is 1.85 bits per heavy atom. The van der Waals surface area contributed by atoms with Gasteiger partial charge in [-0.25, -0.2) is 0 Å². The number of hydrogen-bond acceptors (Lipinski definition) is 3. The first-order valence-corrected chi connectivity index (χ1v) is 9.71. The van der Waals surface area contributed by atoms with E-state index >= 15 is 0 Å². The maximum atomic E-state index is 12.8. The van der Waals surface area contributed by atoms with Crippen molar-refractivity contribution in [3.8, 4) is 5.75 Å². The zero-order valence-corrected chi connectivity index (χ0v) is 15.1. The van der Waals surface area contributed by atoms with Crippen molar-refractivity contribution in [2.45, 2.75) is 63.1 Å². The van der Waals surface area contributed by atoms with Gasteiger partial charge in [0.2, 0.25) is 5.91 Å². The highest BCUT2D eigenvalue weighted by Gasteiger charge is 2.43. The molecule has 3 heterocycles. The third-order valence-corrected chi connectivity index (χ3v) is 5.60. The molecule has 2 bridgehead atoms. The number of nitrogens with zero attached hydrogens (tertiary/aromatic N) is 2. The Kier molecular flexibility index (Phi) is 5.19. The van der Waals surface area contributed by atoms with E-state index < -0.39 is 0 Å². The highest BCUT2D eigenvalue weighted by molar-refractivity contribution is 5.77. The SMILES string of the molecule is O=C(CCCc1cccnc1)N1C2CCC1CC(Oc1ccccc1)C2. The van der Waals surface area contributed by atoms with Crippen LogP contribution in [-0.2, 0) is 11.2 Å². The van der Waals surface area contributed by atoms with Gasteiger partial charge in [-0.2, -0.15) is 0 Å². The van der Waals surface area contributed by atoms with Crippen LogP contribution in [0.25, 0.3) is 0 Å². The normalized spacial score (nSPS) is 24.5. The van der Waals surface area contributed by atoms with Crippen LogP contribution in [-0.4, -0.2) is 34.0 Å². The number of benzene rings is 1. The molecule has 0 saturated carbocycles. The molecular formula is C22H26N2O2. The Balaban J connectivity index is 1.29. The molecule has 136 valence electrons. The number of aryl methyl sites for hydroxylation is 1. The predicted molar refractivity (Wildman–Crippen MR) is 101 cm³/mol. The zero-order valence-electron chi connectivity index (χ0n) is 15.1. The molecule has 1 aromatic carbocycles. The number of pyridine rings is 1. The third kappa shape index (κ3) is 3.90. The minimum Gasteiger partial charge on any atom is -0.490 e. The maximum absolute atomic E-state index is 12.8. The van der Waals surface area contributed by atoms with Crippen LogP contribution in [0.1, 0.15) is 44.1 Å². The quantitative estimate of drug-likeness (QED) is 0.791. The summed E-state index contributed by atoms with van der Waals surface area (Å²) in [6.07, 6.45) is 10.5. The van der Waals surface area contributed by atoms with Crippen LogP contribution < -0.4 is 4.74 Å². The summed E-state index contributed by atoms with van der Waals surface area (Å²) in [5.74, 6) is 1.26. The predicted octanol–water partition coefficient (Wildman–Crippen LogP) is 4.01. The van der Waals surface area contributed by atoms with E-state index in [1.54, 1.807) is 6.20 Å². The monoisotopic (exact) mass is 350 g/mol. The van der Waals surface area contributed by atoms with Crippen LogP contribution in [0.5, 0.6) is 5.75 Å². The minimum absolute atomic E-state index is 0.231. The van der Waals surface area contributed by atoms with Crippen molar-refractivity contribution in [1.82, 2.24) is 9.88 Å². The van der Waals surface area contributed by atoms with Gasteiger partial charge in [0.25, 0.3) is 0 Å². The van der Waals surface area contributed by atoms with Crippen molar-refractivity contribution < 1.29 is 9.53 Å². The Bertz CT molecular complexity index is 705. The fourth-order valence-electron chi connectivity index (χ4n) is 4.44. The van der Waals surface area contributed by atoms with Crippen LogP contribution in [0.3, 0.4) is 0 Å². The lowest BCUT2D eigenvalue weighted by molar-refractivity contribution is -0.137. The molecule has 0 N–H and O–H groups in total. The molecule has 4 rings (SSSR count). The molecule has 2 aromatic rings. The van der Waals surface area contributed by atoms with E-state index in [-0.39, 0.29) is 6.10 Å². The maximum Gasteiger partial charge on any atom is 0.223 e. The Hall–Kier alpha value is -2.36. The summed E-state index contributed by atoms with van der Waals surface area (Å²) in [7, 11) is 0. The lowest BCUT2D eigenvalue weighted by Crippen LogP contribution is -2.49. The smallest absolute Gasteiger partial charge is 0.223 e. The van der Waals surface area contributed by atoms with Gasteiger partial charge in [0.15, 0.2) is 0 Å². The van der Waals surface area contributed by atoms with Crippen molar-refractivity contribution >= 4 is 5.91 Å². The molecule has 4 nitrogen and oxygen atoms in total. The van der Waals surface area contributed by atoms with Gasteiger partial charge in [-0.15, -0.1) is 0 Å². The first-order valence-electron chi connectivity index (χ1n) is 9.71. The Labute approximate surface area is 155 Å². The molecular weight excluding hydrogens is 324 g/mol. The van der Waals surface area contributed by atoms with Gasteiger partial charge in [0.1, 0.15) is 11.9 Å². The molecule has 0 spiro atoms. The number of piperidine rings is 1. The van der Waals surface area contributed by atoms with E-state index in [4.69, 9.17) is 4.74 Å². The van der Waals surface area contributed by atoms with Gasteiger partial charge >= 0.3 is 0 Å². The molecule has 26 heavy (non-hydrogen) atoms. The second-order valence-electron chi connectivity index (χ2n) is 7.43. The lowest BCUT2D eigenvalue weighted by Gasteiger charge is -2.39. The average Bonchev–Trinajstić information content (AvgIpc) is 2.94. The molecule has 2 saturated heterocycles. The number of carbonyl (C=O) groups excluding carboxylic acids is 1. The summed E-state index contributed by atoms with van der Waals surface area (Å²) in [5, 5.41) is 0. The van der Waals surface area contributed by atoms with Crippen molar-refractivity contribution in [2.24, 2.45) is 0 Å². The number of ether oxygens (including phenoxy) is 1. The minimum atomic E-state index is 0.231. The highest BCUT2D eigenvalue weighted by atomic mass is 16.5. The number of rotatable bonds is 6. The second-order valence-corrected chi connectivity index (χ2v) is 7.43. The molecule has 2 unspecified atom stereocenters. The molecule has 1 amide bonds. The summed E-state index contributed by atoms with van der Waals surface area (Å²) < 4.78 is 6.16. The summed E-state index contributed by atoms with van der Waals surface area (Å²) >= 11 is 0. The van der Waals surface area contributed by atoms with Gasteiger partial charge in [-0.3, -0.25) is 9.78 Å². The fourth-order valence-corrected chi connectivity index (χ4v) is 4.44. The number of fused-ring (bicyclic) bond motifs is 2. The van der Waals surface area contributed by atoms with E-state index in [0.29, 0.717) is 24.4 Å². The number of para-hydroxylation sites is 1. The third-order valence-electron chi connectivity index (χ3n) is 5.60. The number of amides is 1. The van der Waals surface area contributed by atoms with Gasteiger partial charge in [0.05, 0.1) is 0 Å². The van der Waals surface area contributed by atoms with E-state index in [1.807, 2.05) is 42.6 Å². The lowest BCUT2D eigenvalue weighted by atomic mass is 9.98. The van der Waals surface area contributed by atoms with Crippen LogP contribution in [0.2, 0.25) is 0 Å². The Morgan fingerprint density at radius 1 is 1.08 bits per heavy atom. The molecule has 0 aliphatic carbocycles. The first-order chi connectivity index (χ1) is 12.8. The standard InChI is InChI=1S/C22H26N2O2/c25-22(10-4-6-17-7-5-13-23-16-17)24-18-11-12-19(24)15-21(14-18)26-20-8-2-1-3-9-20/h1-3,5,7-9,13,16,18-19,21H,4,6,10-12,14-15H2. The number of aromatic nitrogens is 1. The van der Waals surface area contributed by atoms with Crippen molar-refractivity contribution in [3.05, 3.63) is 60.4 Å². The van der Waals surface area contributed by atoms with E-state index in [9.17, 15) is 4.79 Å². The molecule has 0 radical (unpaired) electrons. The number of hydrogen-bond donors (Lipinski definition) is 0. The van der Waals surface area contributed by atoms with Gasteiger partial charge in [-0.05, 0) is 49.4 Å². The van der Waals surface area contributed by atoms with E-state index in [0.717, 1.165) is 44.3 Å². The fraction of sp³-hybridized carbons (Fsp3) is 0.455. The molecule has 2 aliphatic rings. The van der Waals surface area contributed by atoms with Gasteiger partial charge in [0, 0.05) is 43.7 Å². The van der Waals surface area contributed by atoms with Crippen LogP contribution in [0.15, 0.2) is 54.9 Å². The highest BCUT2D eigenvalue weighted by Crippen LogP contribution is 2.37. The summed E-state index contributed by atoms with van der Waals surface area (Å²) in [4.78, 5) is 19.1. The van der Waals surface area contributed by atoms with Crippen LogP contribution in [0, 0.1) is 0 Å². The molecule has 2 atom stereocenters. The van der Waals surface area contributed by atoms with Gasteiger partial charge < -0.3 is 9.64 Å². The molecule has 1 aromatic heterocycles. The topological polar surface area (TPSA) is 42.4 Å². The average molecular weight is 350 g/mol. The zero-order chi connectivity index (χ0) is 17.8. The summed E-state index contributed by atoms with van der Waals surface area (Å²) in [6, 6.07) is 14.8. The molecule has 2 aliphatic heterocycles. The largest absolute Gasteiger partial charge is 0.490 e. The number of carbonyl (C=O) groups is 1. The van der Waals surface area contributed by atoms with Crippen molar-refractivity contribution in [1.29, 1.82) is 0 Å². The van der Waals surface area contributed by atoms with Gasteiger partial charge in [-0.1, -0.05) is 24.3 Å². The van der Waals surface area contributed by atoms with Crippen LogP contribution >= 0.6 is 0 Å². The summed E-state index contributed by atoms with van der Waals surface area (Å²) in [6.45, 7) is 0. The van der Waals surface area contributed by atoms with E-state index in [1.165, 1.54) is 5.56 Å². The molecule has 4 heteroatoms. The second kappa shape index (κ2) is 7.90. The van der Waals surface area contributed by atoms with E-state index in [2.05, 4.69) is 16.0 Å². The van der Waals surface area contributed by atoms with Crippen molar-refractivity contribution in [3.63, 3.8) is 0 Å². The molecule has 2 fully saturated rings. The van der Waals surface area contributed by atoms with Crippen molar-refractivity contribution in [2.75, 3.05) is 0 Å². The summed E-state index contributed by atoms with van der Waals surface area (Å²) in [5.41, 5.74) is 1.21. The Morgan fingerprint density at radius 3 is 2.54 bits per heavy atom. The van der Waals surface area contributed by atoms with Crippen LogP contribution in [0.4, 0.5) is 0 Å². The first kappa shape index (κ1) is 17.1.